The van der Waals surface area contributed by atoms with Gasteiger partial charge in [-0.2, -0.15) is 18.3 Å². The topological polar surface area (TPSA) is 76.4 Å². The summed E-state index contributed by atoms with van der Waals surface area (Å²) in [5, 5.41) is 4.30. The van der Waals surface area contributed by atoms with Gasteiger partial charge in [-0.25, -0.2) is 19.0 Å². The number of carbonyl (C=O) groups excluding carboxylic acids is 1. The third-order valence-electron chi connectivity index (χ3n) is 8.66. The molecule has 2 fully saturated rings. The van der Waals surface area contributed by atoms with Crippen LogP contribution in [0.1, 0.15) is 43.7 Å². The fraction of sp³-hybridized carbons (Fsp3) is 0.517. The van der Waals surface area contributed by atoms with Crippen LogP contribution in [0, 0.1) is 23.6 Å². The molecule has 1 aliphatic carbocycles. The Kier molecular flexibility index (Phi) is 7.99. The van der Waals surface area contributed by atoms with E-state index in [2.05, 4.69) is 20.0 Å². The van der Waals surface area contributed by atoms with E-state index in [1.54, 1.807) is 18.5 Å². The summed E-state index contributed by atoms with van der Waals surface area (Å²) in [6.07, 6.45) is 3.70. The molecule has 2 aliphatic heterocycles. The van der Waals surface area contributed by atoms with Crippen molar-refractivity contribution in [1.29, 1.82) is 0 Å². The monoisotopic (exact) mass is 606 g/mol. The highest BCUT2D eigenvalue weighted by Gasteiger charge is 2.46. The fourth-order valence-corrected chi connectivity index (χ4v) is 6.43. The van der Waals surface area contributed by atoms with E-state index in [1.165, 1.54) is 35.7 Å². The average Bonchev–Trinajstić information content (AvgIpc) is 3.57. The van der Waals surface area contributed by atoms with Crippen LogP contribution in [0.3, 0.4) is 0 Å². The first kappa shape index (κ1) is 28.7. The van der Waals surface area contributed by atoms with Crippen molar-refractivity contribution in [2.75, 3.05) is 36.0 Å². The molecule has 2 unspecified atom stereocenters. The van der Waals surface area contributed by atoms with Crippen molar-refractivity contribution in [2.24, 2.45) is 17.8 Å². The number of hydrogen-bond donors (Lipinski definition) is 0. The van der Waals surface area contributed by atoms with Crippen molar-refractivity contribution < 1.29 is 27.1 Å². The number of hydrogen-bond acceptors (Lipinski definition) is 6. The Labute approximate surface area is 245 Å². The van der Waals surface area contributed by atoms with Gasteiger partial charge in [-0.1, -0.05) is 17.7 Å². The number of amides is 1. The molecule has 42 heavy (non-hydrogen) atoms. The quantitative estimate of drug-likeness (QED) is 0.299. The zero-order valence-electron chi connectivity index (χ0n) is 22.8. The normalized spacial score (nSPS) is 22.6. The molecule has 1 saturated carbocycles. The van der Waals surface area contributed by atoms with E-state index in [9.17, 15) is 22.4 Å². The average molecular weight is 607 g/mol. The molecule has 1 amide bonds. The molecular formula is C29H31ClF4N6O2. The van der Waals surface area contributed by atoms with Crippen LogP contribution in [0.4, 0.5) is 29.3 Å². The first-order chi connectivity index (χ1) is 20.2. The number of rotatable bonds is 8. The molecule has 13 heteroatoms. The highest BCUT2D eigenvalue weighted by atomic mass is 35.5. The summed E-state index contributed by atoms with van der Waals surface area (Å²) < 4.78 is 61.6. The molecule has 3 aromatic rings. The van der Waals surface area contributed by atoms with Gasteiger partial charge in [0.25, 0.3) is 0 Å². The zero-order valence-corrected chi connectivity index (χ0v) is 23.6. The molecule has 1 saturated heterocycles. The van der Waals surface area contributed by atoms with Gasteiger partial charge in [-0.05, 0) is 61.5 Å². The van der Waals surface area contributed by atoms with Crippen molar-refractivity contribution in [1.82, 2.24) is 19.7 Å². The number of benzene rings is 1. The van der Waals surface area contributed by atoms with Gasteiger partial charge in [0, 0.05) is 31.8 Å². The number of carbonyl (C=O) groups is 1. The van der Waals surface area contributed by atoms with Crippen LogP contribution < -0.4 is 14.5 Å². The maximum Gasteiger partial charge on any atom is 0.410 e. The lowest BCUT2D eigenvalue weighted by Crippen LogP contribution is -2.43. The van der Waals surface area contributed by atoms with E-state index >= 15 is 0 Å². The number of nitrogens with zero attached hydrogens (tertiary/aromatic N) is 6. The molecule has 0 spiro atoms. The predicted octanol–water partition coefficient (Wildman–Crippen LogP) is 5.87. The Morgan fingerprint density at radius 1 is 1.07 bits per heavy atom. The van der Waals surface area contributed by atoms with Crippen LogP contribution >= 0.6 is 11.6 Å². The van der Waals surface area contributed by atoms with Crippen LogP contribution in [0.2, 0.25) is 5.02 Å². The zero-order chi connectivity index (χ0) is 29.4. The molecule has 4 heterocycles. The fourth-order valence-electron chi connectivity index (χ4n) is 6.33. The Morgan fingerprint density at radius 3 is 2.55 bits per heavy atom. The van der Waals surface area contributed by atoms with E-state index in [-0.39, 0.29) is 30.8 Å². The minimum atomic E-state index is -4.47. The summed E-state index contributed by atoms with van der Waals surface area (Å²) in [4.78, 5) is 25.0. The molecule has 6 rings (SSSR count). The maximum atomic E-state index is 14.9. The number of piperidine rings is 1. The van der Waals surface area contributed by atoms with Crippen LogP contribution in [0.15, 0.2) is 42.9 Å². The van der Waals surface area contributed by atoms with Gasteiger partial charge < -0.3 is 9.64 Å². The number of halogens is 5. The summed E-state index contributed by atoms with van der Waals surface area (Å²) in [7, 11) is 0. The van der Waals surface area contributed by atoms with Crippen LogP contribution in [0.5, 0.6) is 5.75 Å². The van der Waals surface area contributed by atoms with E-state index in [0.717, 1.165) is 43.0 Å². The van der Waals surface area contributed by atoms with Gasteiger partial charge in [-0.15, -0.1) is 0 Å². The molecule has 3 aliphatic rings. The molecule has 0 bridgehead atoms. The van der Waals surface area contributed by atoms with E-state index in [0.29, 0.717) is 35.1 Å². The van der Waals surface area contributed by atoms with Gasteiger partial charge in [-0.3, -0.25) is 9.69 Å². The van der Waals surface area contributed by atoms with E-state index in [4.69, 9.17) is 16.3 Å². The summed E-state index contributed by atoms with van der Waals surface area (Å²) in [5.74, 6) is 2.06. The van der Waals surface area contributed by atoms with Crippen LogP contribution in [-0.4, -0.2) is 58.1 Å². The van der Waals surface area contributed by atoms with Gasteiger partial charge in [0.1, 0.15) is 17.4 Å². The largest absolute Gasteiger partial charge is 0.493 e. The second-order valence-corrected chi connectivity index (χ2v) is 11.7. The lowest BCUT2D eigenvalue weighted by atomic mass is 9.90. The first-order valence-corrected chi connectivity index (χ1v) is 14.6. The Morgan fingerprint density at radius 2 is 1.83 bits per heavy atom. The lowest BCUT2D eigenvalue weighted by molar-refractivity contribution is -0.172. The van der Waals surface area contributed by atoms with Crippen molar-refractivity contribution in [2.45, 2.75) is 50.7 Å². The van der Waals surface area contributed by atoms with Crippen molar-refractivity contribution in [3.8, 4) is 5.75 Å². The number of ether oxygens (including phenoxy) is 1. The molecule has 3 atom stereocenters. The summed E-state index contributed by atoms with van der Waals surface area (Å²) in [6, 6.07) is 3.98. The minimum absolute atomic E-state index is 0.0634. The molecule has 0 radical (unpaired) electrons. The Balaban J connectivity index is 0.952. The second kappa shape index (κ2) is 11.7. The molecule has 224 valence electrons. The smallest absolute Gasteiger partial charge is 0.410 e. The number of anilines is 2. The second-order valence-electron chi connectivity index (χ2n) is 11.3. The minimum Gasteiger partial charge on any atom is -0.493 e. The van der Waals surface area contributed by atoms with Crippen LogP contribution in [-0.2, 0) is 11.2 Å². The predicted molar refractivity (Wildman–Crippen MR) is 148 cm³/mol. The summed E-state index contributed by atoms with van der Waals surface area (Å²) in [6.45, 7) is 2.22. The molecule has 2 aromatic heterocycles. The summed E-state index contributed by atoms with van der Waals surface area (Å²) >= 11 is 5.89. The highest BCUT2D eigenvalue weighted by molar-refractivity contribution is 6.30. The van der Waals surface area contributed by atoms with Gasteiger partial charge in [0.05, 0.1) is 36.6 Å². The Hall–Kier alpha value is -3.41. The highest BCUT2D eigenvalue weighted by Crippen LogP contribution is 2.50. The van der Waals surface area contributed by atoms with Crippen molar-refractivity contribution in [3.63, 3.8) is 0 Å². The third kappa shape index (κ3) is 6.18. The Bertz CT molecular complexity index is 1410. The molecule has 0 N–H and O–H groups in total. The number of alkyl halides is 3. The molecule has 8 nitrogen and oxygen atoms in total. The van der Waals surface area contributed by atoms with Crippen LogP contribution in [0.25, 0.3) is 0 Å². The van der Waals surface area contributed by atoms with Gasteiger partial charge in [0.15, 0.2) is 6.04 Å². The first-order valence-electron chi connectivity index (χ1n) is 14.2. The van der Waals surface area contributed by atoms with Gasteiger partial charge in [0.2, 0.25) is 11.9 Å². The van der Waals surface area contributed by atoms with E-state index < -0.39 is 23.9 Å². The SMILES string of the molecule is O=C(Cc1ccc(OCC[C@@H]2CC2C2CCN(c3ncc(Cl)cn3)CC2)cc1F)N1CCC(C(F)(F)F)n2nccc21. The maximum absolute atomic E-state index is 14.9. The summed E-state index contributed by atoms with van der Waals surface area (Å²) in [5.41, 5.74) is 0.161. The lowest BCUT2D eigenvalue weighted by Gasteiger charge is -2.34. The van der Waals surface area contributed by atoms with E-state index in [1.807, 2.05) is 0 Å². The number of fused-ring (bicyclic) bond motifs is 1. The third-order valence-corrected chi connectivity index (χ3v) is 8.86. The molecule has 1 aromatic carbocycles. The molecular weight excluding hydrogens is 576 g/mol. The van der Waals surface area contributed by atoms with Crippen molar-refractivity contribution >= 4 is 29.3 Å². The standard InChI is InChI=1S/C29H31ClF4N6O2/c30-21-16-35-28(36-17-21)38-9-4-18(5-10-38)23-13-19(23)7-12-42-22-2-1-20(24(31)15-22)14-27(41)39-11-6-25(29(32,33)34)40-26(39)3-8-37-40/h1-3,8,15-19,23,25H,4-7,9-14H2/t19-,23?,25?/m1/s1. The van der Waals surface area contributed by atoms with Crippen molar-refractivity contribution in [3.05, 3.63) is 59.3 Å². The van der Waals surface area contributed by atoms with Gasteiger partial charge >= 0.3 is 6.18 Å². The number of aromatic nitrogens is 4.